The van der Waals surface area contributed by atoms with Crippen molar-refractivity contribution in [2.75, 3.05) is 20.2 Å². The highest BCUT2D eigenvalue weighted by molar-refractivity contribution is 5.89. The van der Waals surface area contributed by atoms with Crippen molar-refractivity contribution in [1.29, 1.82) is 0 Å². The molecule has 0 fully saturated rings. The lowest BCUT2D eigenvalue weighted by Gasteiger charge is -2.06. The lowest BCUT2D eigenvalue weighted by molar-refractivity contribution is 0.0600. The molecule has 0 heterocycles. The Morgan fingerprint density at radius 1 is 1.23 bits per heavy atom. The van der Waals surface area contributed by atoms with Crippen LogP contribution >= 0.6 is 0 Å². The number of guanidine groups is 1. The fraction of sp³-hybridized carbons (Fsp3) is 0.529. The number of nitrogens with zero attached hydrogens (tertiary/aromatic N) is 1. The number of hydrogen-bond donors (Lipinski definition) is 2. The molecule has 0 saturated heterocycles. The molecule has 0 aliphatic carbocycles. The topological polar surface area (TPSA) is 76.7 Å². The smallest absolute Gasteiger partial charge is 0.337 e. The van der Waals surface area contributed by atoms with E-state index in [0.29, 0.717) is 11.5 Å². The Bertz CT molecular complexity index is 469. The van der Waals surface area contributed by atoms with Crippen molar-refractivity contribution in [3.63, 3.8) is 0 Å². The molecule has 0 bridgehead atoms. The van der Waals surface area contributed by atoms with E-state index in [-0.39, 0.29) is 5.97 Å². The van der Waals surface area contributed by atoms with Crippen molar-refractivity contribution < 1.29 is 9.53 Å². The minimum Gasteiger partial charge on any atom is -0.465 e. The summed E-state index contributed by atoms with van der Waals surface area (Å²) in [5.41, 5.74) is 7.51. The normalized spacial score (nSPS) is 11.3. The van der Waals surface area contributed by atoms with Crippen molar-refractivity contribution >= 4 is 11.9 Å². The van der Waals surface area contributed by atoms with Crippen LogP contribution in [0.5, 0.6) is 0 Å². The van der Waals surface area contributed by atoms with Crippen LogP contribution in [0.15, 0.2) is 29.3 Å². The Morgan fingerprint density at radius 2 is 1.95 bits per heavy atom. The Labute approximate surface area is 133 Å². The quantitative estimate of drug-likeness (QED) is 0.318. The van der Waals surface area contributed by atoms with E-state index >= 15 is 0 Å². The van der Waals surface area contributed by atoms with Gasteiger partial charge in [-0.2, -0.15) is 0 Å². The van der Waals surface area contributed by atoms with Gasteiger partial charge in [0, 0.05) is 13.1 Å². The Hall–Kier alpha value is -2.04. The zero-order chi connectivity index (χ0) is 16.2. The molecule has 0 unspecified atom stereocenters. The summed E-state index contributed by atoms with van der Waals surface area (Å²) in [4.78, 5) is 15.6. The number of hydrogen-bond acceptors (Lipinski definition) is 3. The maximum atomic E-state index is 11.3. The van der Waals surface area contributed by atoms with Gasteiger partial charge in [0.2, 0.25) is 0 Å². The van der Waals surface area contributed by atoms with Gasteiger partial charge in [0.25, 0.3) is 0 Å². The van der Waals surface area contributed by atoms with E-state index in [9.17, 15) is 4.79 Å². The van der Waals surface area contributed by atoms with Crippen molar-refractivity contribution in [3.8, 4) is 0 Å². The third kappa shape index (κ3) is 7.11. The van der Waals surface area contributed by atoms with Crippen LogP contribution in [0, 0.1) is 0 Å². The van der Waals surface area contributed by atoms with Crippen LogP contribution in [-0.4, -0.2) is 32.1 Å². The Kier molecular flexibility index (Phi) is 8.72. The van der Waals surface area contributed by atoms with Gasteiger partial charge in [-0.25, -0.2) is 4.79 Å². The molecule has 122 valence electrons. The van der Waals surface area contributed by atoms with E-state index in [1.807, 2.05) is 12.1 Å². The molecule has 1 aromatic carbocycles. The van der Waals surface area contributed by atoms with Crippen LogP contribution < -0.4 is 11.1 Å². The van der Waals surface area contributed by atoms with Gasteiger partial charge in [-0.05, 0) is 30.5 Å². The van der Waals surface area contributed by atoms with Gasteiger partial charge in [-0.15, -0.1) is 0 Å². The second-order valence-electron chi connectivity index (χ2n) is 5.19. The van der Waals surface area contributed by atoms with Crippen LogP contribution in [0.1, 0.15) is 48.5 Å². The zero-order valence-electron chi connectivity index (χ0n) is 13.6. The van der Waals surface area contributed by atoms with Crippen molar-refractivity contribution in [2.24, 2.45) is 10.7 Å². The second-order valence-corrected chi connectivity index (χ2v) is 5.19. The zero-order valence-corrected chi connectivity index (χ0v) is 13.6. The fourth-order valence-electron chi connectivity index (χ4n) is 2.05. The Morgan fingerprint density at radius 3 is 2.59 bits per heavy atom. The van der Waals surface area contributed by atoms with E-state index in [2.05, 4.69) is 22.0 Å². The summed E-state index contributed by atoms with van der Waals surface area (Å²) >= 11 is 0. The van der Waals surface area contributed by atoms with Gasteiger partial charge in [-0.1, -0.05) is 38.3 Å². The molecule has 0 aromatic heterocycles. The summed E-state index contributed by atoms with van der Waals surface area (Å²) in [6.45, 7) is 3.70. The second kappa shape index (κ2) is 10.7. The summed E-state index contributed by atoms with van der Waals surface area (Å²) in [5.74, 6) is 0.187. The summed E-state index contributed by atoms with van der Waals surface area (Å²) in [6.07, 6.45) is 5.61. The van der Waals surface area contributed by atoms with Gasteiger partial charge in [-0.3, -0.25) is 4.99 Å². The van der Waals surface area contributed by atoms with E-state index in [4.69, 9.17) is 5.73 Å². The Balaban J connectivity index is 2.25. The standard InChI is InChI=1S/C17H27N3O2/c1-3-4-5-6-12-19-17(18)20-13-11-14-7-9-15(10-8-14)16(21)22-2/h7-10H,3-6,11-13H2,1-2H3,(H3,18,19,20). The molecular weight excluding hydrogens is 278 g/mol. The molecule has 22 heavy (non-hydrogen) atoms. The van der Waals surface area contributed by atoms with Crippen molar-refractivity contribution in [3.05, 3.63) is 35.4 Å². The molecular formula is C17H27N3O2. The fourth-order valence-corrected chi connectivity index (χ4v) is 2.05. The predicted octanol–water partition coefficient (Wildman–Crippen LogP) is 2.50. The lowest BCUT2D eigenvalue weighted by atomic mass is 10.1. The number of carbonyl (C=O) groups is 1. The highest BCUT2D eigenvalue weighted by Gasteiger charge is 2.04. The largest absolute Gasteiger partial charge is 0.465 e. The van der Waals surface area contributed by atoms with Crippen molar-refractivity contribution in [1.82, 2.24) is 5.32 Å². The number of ether oxygens (including phenoxy) is 1. The minimum absolute atomic E-state index is 0.316. The summed E-state index contributed by atoms with van der Waals surface area (Å²) in [5, 5.41) is 3.11. The third-order valence-electron chi connectivity index (χ3n) is 3.39. The minimum atomic E-state index is -0.316. The number of nitrogens with two attached hydrogens (primary N) is 1. The average Bonchev–Trinajstić information content (AvgIpc) is 2.54. The molecule has 5 nitrogen and oxygen atoms in total. The van der Waals surface area contributed by atoms with Gasteiger partial charge in [0.15, 0.2) is 5.96 Å². The lowest BCUT2D eigenvalue weighted by Crippen LogP contribution is -2.33. The average molecular weight is 305 g/mol. The highest BCUT2D eigenvalue weighted by Crippen LogP contribution is 2.06. The summed E-state index contributed by atoms with van der Waals surface area (Å²) in [7, 11) is 1.38. The molecule has 3 N–H and O–H groups in total. The number of esters is 1. The maximum absolute atomic E-state index is 11.3. The first-order chi connectivity index (χ1) is 10.7. The number of aliphatic imine (C=N–C) groups is 1. The summed E-state index contributed by atoms with van der Waals surface area (Å²) in [6, 6.07) is 7.39. The van der Waals surface area contributed by atoms with Gasteiger partial charge < -0.3 is 15.8 Å². The van der Waals surface area contributed by atoms with E-state index in [1.54, 1.807) is 12.1 Å². The first-order valence-corrected chi connectivity index (χ1v) is 7.88. The van der Waals surface area contributed by atoms with Crippen LogP contribution in [0.4, 0.5) is 0 Å². The van der Waals surface area contributed by atoms with Crippen LogP contribution in [0.2, 0.25) is 0 Å². The van der Waals surface area contributed by atoms with E-state index in [1.165, 1.54) is 26.4 Å². The van der Waals surface area contributed by atoms with Crippen molar-refractivity contribution in [2.45, 2.75) is 39.0 Å². The number of benzene rings is 1. The first kappa shape index (κ1) is 18.0. The summed E-state index contributed by atoms with van der Waals surface area (Å²) < 4.78 is 4.67. The first-order valence-electron chi connectivity index (χ1n) is 7.88. The highest BCUT2D eigenvalue weighted by atomic mass is 16.5. The third-order valence-corrected chi connectivity index (χ3v) is 3.39. The molecule has 1 aromatic rings. The molecule has 0 aliphatic heterocycles. The van der Waals surface area contributed by atoms with Gasteiger partial charge >= 0.3 is 5.97 Å². The predicted molar refractivity (Wildman–Crippen MR) is 90.1 cm³/mol. The van der Waals surface area contributed by atoms with Gasteiger partial charge in [0.1, 0.15) is 0 Å². The molecule has 5 heteroatoms. The number of carbonyl (C=O) groups excluding carboxylic acids is 1. The van der Waals surface area contributed by atoms with Crippen LogP contribution in [0.3, 0.4) is 0 Å². The number of nitrogens with one attached hydrogen (secondary N) is 1. The monoisotopic (exact) mass is 305 g/mol. The molecule has 0 amide bonds. The molecule has 0 atom stereocenters. The van der Waals surface area contributed by atoms with Crippen LogP contribution in [0.25, 0.3) is 0 Å². The molecule has 0 aliphatic rings. The SMILES string of the molecule is CCCCCCN=C(N)NCCc1ccc(C(=O)OC)cc1. The number of unbranched alkanes of at least 4 members (excludes halogenated alkanes) is 3. The molecule has 0 saturated carbocycles. The van der Waals surface area contributed by atoms with E-state index in [0.717, 1.165) is 31.5 Å². The number of rotatable bonds is 9. The molecule has 1 rings (SSSR count). The van der Waals surface area contributed by atoms with E-state index < -0.39 is 0 Å². The van der Waals surface area contributed by atoms with Gasteiger partial charge in [0.05, 0.1) is 12.7 Å². The molecule has 0 spiro atoms. The number of methoxy groups -OCH3 is 1. The maximum Gasteiger partial charge on any atom is 0.337 e. The van der Waals surface area contributed by atoms with Crippen LogP contribution in [-0.2, 0) is 11.2 Å². The molecule has 0 radical (unpaired) electrons.